The number of aryl methyl sites for hydroxylation is 5. The standard InChI is InChI=1S/C20H21ClN8/c1-12-6-7-13(2)18(8-12)29-19(21)17(16(5)26-29)10-23-27-11-22-24-20(27)28-15(4)9-14(3)25-28/h6-11H,1-5H3/b23-10-. The Kier molecular flexibility index (Phi) is 4.79. The van der Waals surface area contributed by atoms with Crippen molar-refractivity contribution in [2.45, 2.75) is 34.6 Å². The van der Waals surface area contributed by atoms with E-state index in [1.807, 2.05) is 40.7 Å². The van der Waals surface area contributed by atoms with Crippen molar-refractivity contribution in [2.24, 2.45) is 5.10 Å². The number of halogens is 1. The van der Waals surface area contributed by atoms with Crippen LogP contribution >= 0.6 is 11.6 Å². The van der Waals surface area contributed by atoms with Gasteiger partial charge in [-0.2, -0.15) is 20.0 Å². The first kappa shape index (κ1) is 19.1. The second-order valence-electron chi connectivity index (χ2n) is 7.05. The second-order valence-corrected chi connectivity index (χ2v) is 7.41. The van der Waals surface area contributed by atoms with Crippen LogP contribution in [0.5, 0.6) is 0 Å². The van der Waals surface area contributed by atoms with E-state index in [0.717, 1.165) is 39.5 Å². The summed E-state index contributed by atoms with van der Waals surface area (Å²) in [6.45, 7) is 9.87. The van der Waals surface area contributed by atoms with Crippen molar-refractivity contribution in [3.63, 3.8) is 0 Å². The van der Waals surface area contributed by atoms with Crippen LogP contribution in [0.15, 0.2) is 35.7 Å². The lowest BCUT2D eigenvalue weighted by Crippen LogP contribution is -2.06. The summed E-state index contributed by atoms with van der Waals surface area (Å²) < 4.78 is 5.01. The van der Waals surface area contributed by atoms with E-state index in [9.17, 15) is 0 Å². The molecule has 29 heavy (non-hydrogen) atoms. The Labute approximate surface area is 173 Å². The highest BCUT2D eigenvalue weighted by atomic mass is 35.5. The van der Waals surface area contributed by atoms with Gasteiger partial charge in [0.05, 0.1) is 28.9 Å². The number of aromatic nitrogens is 7. The number of benzene rings is 1. The zero-order valence-corrected chi connectivity index (χ0v) is 17.7. The molecule has 3 aromatic heterocycles. The normalized spacial score (nSPS) is 11.7. The monoisotopic (exact) mass is 408 g/mol. The lowest BCUT2D eigenvalue weighted by atomic mass is 10.1. The van der Waals surface area contributed by atoms with Gasteiger partial charge in [0.25, 0.3) is 5.95 Å². The fourth-order valence-electron chi connectivity index (χ4n) is 3.16. The summed E-state index contributed by atoms with van der Waals surface area (Å²) in [7, 11) is 0. The van der Waals surface area contributed by atoms with Crippen molar-refractivity contribution in [3.8, 4) is 11.6 Å². The van der Waals surface area contributed by atoms with Crippen molar-refractivity contribution in [3.05, 3.63) is 69.5 Å². The molecule has 3 heterocycles. The minimum Gasteiger partial charge on any atom is -0.221 e. The second kappa shape index (κ2) is 7.29. The number of hydrogen-bond acceptors (Lipinski definition) is 5. The van der Waals surface area contributed by atoms with Gasteiger partial charge in [-0.25, -0.2) is 9.36 Å². The quantitative estimate of drug-likeness (QED) is 0.482. The molecular weight excluding hydrogens is 388 g/mol. The molecule has 0 fully saturated rings. The summed E-state index contributed by atoms with van der Waals surface area (Å²) in [5.41, 5.74) is 6.54. The van der Waals surface area contributed by atoms with Gasteiger partial charge < -0.3 is 0 Å². The molecule has 0 aliphatic carbocycles. The van der Waals surface area contributed by atoms with Crippen molar-refractivity contribution < 1.29 is 0 Å². The molecule has 0 N–H and O–H groups in total. The van der Waals surface area contributed by atoms with E-state index in [-0.39, 0.29) is 0 Å². The van der Waals surface area contributed by atoms with E-state index in [1.54, 1.807) is 20.3 Å². The first-order chi connectivity index (χ1) is 13.8. The lowest BCUT2D eigenvalue weighted by molar-refractivity contribution is 0.717. The molecule has 0 saturated heterocycles. The zero-order chi connectivity index (χ0) is 20.7. The Bertz CT molecular complexity index is 1230. The van der Waals surface area contributed by atoms with Gasteiger partial charge in [-0.05, 0) is 57.9 Å². The molecule has 8 nitrogen and oxygen atoms in total. The summed E-state index contributed by atoms with van der Waals surface area (Å²) in [5.74, 6) is 0.502. The maximum atomic E-state index is 6.67. The van der Waals surface area contributed by atoms with Crippen LogP contribution < -0.4 is 0 Å². The zero-order valence-electron chi connectivity index (χ0n) is 16.9. The molecule has 0 spiro atoms. The van der Waals surface area contributed by atoms with Gasteiger partial charge >= 0.3 is 0 Å². The third kappa shape index (κ3) is 3.47. The van der Waals surface area contributed by atoms with E-state index >= 15 is 0 Å². The first-order valence-corrected chi connectivity index (χ1v) is 9.53. The molecule has 0 aliphatic rings. The average Bonchev–Trinajstić information content (AvgIpc) is 3.33. The van der Waals surface area contributed by atoms with Crippen molar-refractivity contribution >= 4 is 17.8 Å². The highest BCUT2D eigenvalue weighted by Crippen LogP contribution is 2.25. The summed E-state index contributed by atoms with van der Waals surface area (Å²) in [6.07, 6.45) is 3.20. The van der Waals surface area contributed by atoms with Gasteiger partial charge in [0.15, 0.2) is 0 Å². The molecule has 0 aliphatic heterocycles. The Morgan fingerprint density at radius 3 is 2.52 bits per heavy atom. The van der Waals surface area contributed by atoms with Crippen LogP contribution in [0.25, 0.3) is 11.6 Å². The molecule has 0 amide bonds. The molecule has 0 radical (unpaired) electrons. The predicted molar refractivity (Wildman–Crippen MR) is 112 cm³/mol. The Morgan fingerprint density at radius 2 is 1.79 bits per heavy atom. The van der Waals surface area contributed by atoms with Gasteiger partial charge in [0.1, 0.15) is 11.5 Å². The first-order valence-electron chi connectivity index (χ1n) is 9.16. The lowest BCUT2D eigenvalue weighted by Gasteiger charge is -2.08. The van der Waals surface area contributed by atoms with Crippen molar-refractivity contribution in [1.82, 2.24) is 34.4 Å². The van der Waals surface area contributed by atoms with Crippen LogP contribution in [-0.4, -0.2) is 40.6 Å². The van der Waals surface area contributed by atoms with Gasteiger partial charge in [-0.15, -0.1) is 10.2 Å². The van der Waals surface area contributed by atoms with Crippen LogP contribution in [0.3, 0.4) is 0 Å². The Balaban J connectivity index is 1.73. The van der Waals surface area contributed by atoms with Gasteiger partial charge in [0.2, 0.25) is 0 Å². The molecule has 0 atom stereocenters. The van der Waals surface area contributed by atoms with Crippen LogP contribution in [0.2, 0.25) is 5.15 Å². The maximum absolute atomic E-state index is 6.67. The van der Waals surface area contributed by atoms with Gasteiger partial charge in [-0.3, -0.25) is 0 Å². The molecule has 0 unspecified atom stereocenters. The average molecular weight is 409 g/mol. The Morgan fingerprint density at radius 1 is 1.00 bits per heavy atom. The van der Waals surface area contributed by atoms with Crippen molar-refractivity contribution in [1.29, 1.82) is 0 Å². The summed E-state index contributed by atoms with van der Waals surface area (Å²) in [5, 5.41) is 22.2. The minimum absolute atomic E-state index is 0.501. The third-order valence-electron chi connectivity index (χ3n) is 4.66. The van der Waals surface area contributed by atoms with Crippen LogP contribution in [0, 0.1) is 34.6 Å². The number of hydrogen-bond donors (Lipinski definition) is 0. The van der Waals surface area contributed by atoms with Crippen LogP contribution in [0.1, 0.15) is 33.8 Å². The molecule has 148 valence electrons. The molecule has 4 rings (SSSR count). The number of rotatable bonds is 4. The molecule has 1 aromatic carbocycles. The van der Waals surface area contributed by atoms with E-state index in [0.29, 0.717) is 11.1 Å². The predicted octanol–water partition coefficient (Wildman–Crippen LogP) is 3.73. The fourth-order valence-corrected chi connectivity index (χ4v) is 3.48. The maximum Gasteiger partial charge on any atom is 0.273 e. The highest BCUT2D eigenvalue weighted by molar-refractivity contribution is 6.32. The van der Waals surface area contributed by atoms with E-state index < -0.39 is 0 Å². The van der Waals surface area contributed by atoms with Gasteiger partial charge in [-0.1, -0.05) is 23.7 Å². The van der Waals surface area contributed by atoms with Crippen LogP contribution in [0.4, 0.5) is 0 Å². The molecule has 9 heteroatoms. The fraction of sp³-hybridized carbons (Fsp3) is 0.250. The third-order valence-corrected chi connectivity index (χ3v) is 5.03. The van der Waals surface area contributed by atoms with Crippen LogP contribution in [-0.2, 0) is 0 Å². The van der Waals surface area contributed by atoms with E-state index in [2.05, 4.69) is 43.7 Å². The molecule has 0 bridgehead atoms. The number of nitrogens with zero attached hydrogens (tertiary/aromatic N) is 8. The highest BCUT2D eigenvalue weighted by Gasteiger charge is 2.16. The molecular formula is C20H21ClN8. The summed E-state index contributed by atoms with van der Waals surface area (Å²) in [6, 6.07) is 8.16. The van der Waals surface area contributed by atoms with E-state index in [1.165, 1.54) is 6.33 Å². The summed E-state index contributed by atoms with van der Waals surface area (Å²) in [4.78, 5) is 0. The molecule has 4 aromatic rings. The van der Waals surface area contributed by atoms with E-state index in [4.69, 9.17) is 11.6 Å². The summed E-state index contributed by atoms with van der Waals surface area (Å²) >= 11 is 6.67. The topological polar surface area (TPSA) is 78.7 Å². The smallest absolute Gasteiger partial charge is 0.221 e. The minimum atomic E-state index is 0.501. The SMILES string of the molecule is Cc1ccc(C)c(-n2nc(C)c(/C=N\n3cnnc3-n3nc(C)cc3C)c2Cl)c1. The van der Waals surface area contributed by atoms with Crippen molar-refractivity contribution in [2.75, 3.05) is 0 Å². The Hall–Kier alpha value is -3.26. The molecule has 0 saturated carbocycles. The largest absolute Gasteiger partial charge is 0.273 e. The van der Waals surface area contributed by atoms with Gasteiger partial charge in [0, 0.05) is 5.69 Å².